The molecule has 15 heterocycles. The summed E-state index contributed by atoms with van der Waals surface area (Å²) >= 11 is 0. The summed E-state index contributed by atoms with van der Waals surface area (Å²) in [5.74, 6) is -8.70. The molecule has 3 aromatic heterocycles. The van der Waals surface area contributed by atoms with E-state index in [1.807, 2.05) is 9.80 Å². The van der Waals surface area contributed by atoms with E-state index in [1.165, 1.54) is 49.2 Å². The van der Waals surface area contributed by atoms with E-state index in [0.717, 1.165) is 13.7 Å². The summed E-state index contributed by atoms with van der Waals surface area (Å²) in [6.07, 6.45) is 2.57. The fourth-order valence-electron chi connectivity index (χ4n) is 9.89. The molecule has 0 fully saturated rings. The number of amides is 8. The first-order chi connectivity index (χ1) is 43.5. The molecule has 8 amide bonds. The highest BCUT2D eigenvalue weighted by atomic mass is 16.5. The molecule has 3 aromatic rings. The molecular formula is C58H82N16O17. The lowest BCUT2D eigenvalue weighted by atomic mass is 10.1. The van der Waals surface area contributed by atoms with Gasteiger partial charge in [0.2, 0.25) is 23.6 Å². The highest BCUT2D eigenvalue weighted by molar-refractivity contribution is 5.99. The SMILES string of the molecule is C=C1C(O)=C2C=C(C)N1CC(=O)NCCN1CCNC(=O)Cn3ccc(c(O)c3=O)C(=O)NCCN(CCNC2=O)CCNC(=O)c2cc(C)n(c(=O)c2O)CC(=O)NCCN(CCNC(=O)Cn2c(C)cc(C(=O)NCCOCCOCCN)c(O)c2=O)CC1. The molecule has 8 bridgehead atoms. The van der Waals surface area contributed by atoms with Crippen molar-refractivity contribution in [2.45, 2.75) is 40.4 Å². The summed E-state index contributed by atoms with van der Waals surface area (Å²) in [7, 11) is 0. The third-order valence-electron chi connectivity index (χ3n) is 15.0. The average molecular weight is 1280 g/mol. The number of nitrogens with zero attached hydrogens (tertiary/aromatic N) is 7. The standard InChI is InChI=1S/C58H82N16O17/c1-36-29-41-48(79)39(4)72(36)33-45(76)61-8-17-69-16-7-60-44(75)32-71-15-5-40(49(80)56(71)87)52(83)64-11-20-68(21-12-65-53(41)84)22-13-66-54(85)42-30-37(2)73(57(88)50(42)81)34-46(77)62-9-18-70(24-23-69)19-10-63-47(78)35-74-38(3)31-43(51(82)58(74)89)55(86)67-14-26-91-28-27-90-25-6-59/h5,15,29-31,79-82H,4,6-14,16-28,32-35,59H2,1-3H3,(H,60,75)(H,61,76)(H,62,77)(H,63,78)(H,64,83)(H,65,84)(H,66,85)(H,67,86). The summed E-state index contributed by atoms with van der Waals surface area (Å²) in [6, 6.07) is 3.69. The van der Waals surface area contributed by atoms with Crippen molar-refractivity contribution < 1.29 is 68.3 Å². The van der Waals surface area contributed by atoms with Gasteiger partial charge in [-0.15, -0.1) is 0 Å². The summed E-state index contributed by atoms with van der Waals surface area (Å²) in [5.41, 5.74) is 1.88. The lowest BCUT2D eigenvalue weighted by Gasteiger charge is -2.31. The van der Waals surface area contributed by atoms with Crippen LogP contribution in [0.25, 0.3) is 0 Å². The number of carbonyl (C=O) groups excluding carboxylic acids is 8. The zero-order valence-corrected chi connectivity index (χ0v) is 51.3. The molecule has 33 heteroatoms. The van der Waals surface area contributed by atoms with Gasteiger partial charge in [0.1, 0.15) is 26.2 Å². The first kappa shape index (κ1) is 70.7. The summed E-state index contributed by atoms with van der Waals surface area (Å²) < 4.78 is 13.5. The second-order valence-corrected chi connectivity index (χ2v) is 21.4. The number of allylic oxidation sites excluding steroid dienone is 1. The van der Waals surface area contributed by atoms with Crippen LogP contribution in [0, 0.1) is 13.8 Å². The first-order valence-corrected chi connectivity index (χ1v) is 29.6. The molecule has 0 spiro atoms. The van der Waals surface area contributed by atoms with Crippen molar-refractivity contribution in [2.75, 3.05) is 151 Å². The quantitative estimate of drug-likeness (QED) is 0.0670. The molecule has 0 saturated heterocycles. The number of aromatic hydroxyl groups is 3. The third-order valence-corrected chi connectivity index (χ3v) is 15.0. The van der Waals surface area contributed by atoms with E-state index in [1.54, 1.807) is 11.8 Å². The molecule has 496 valence electrons. The number of rotatable bonds is 14. The summed E-state index contributed by atoms with van der Waals surface area (Å²) in [4.78, 5) is 155. The van der Waals surface area contributed by atoms with Crippen LogP contribution in [0.3, 0.4) is 0 Å². The van der Waals surface area contributed by atoms with Crippen molar-refractivity contribution in [1.82, 2.24) is 75.8 Å². The van der Waals surface area contributed by atoms with Crippen LogP contribution < -0.4 is 64.9 Å². The fourth-order valence-corrected chi connectivity index (χ4v) is 9.89. The number of aliphatic hydroxyl groups is 1. The van der Waals surface area contributed by atoms with Crippen molar-refractivity contribution in [3.8, 4) is 17.2 Å². The lowest BCUT2D eigenvalue weighted by molar-refractivity contribution is -0.122. The predicted molar refractivity (Wildman–Crippen MR) is 328 cm³/mol. The van der Waals surface area contributed by atoms with Gasteiger partial charge in [0.15, 0.2) is 23.0 Å². The smallest absolute Gasteiger partial charge is 0.294 e. The van der Waals surface area contributed by atoms with Crippen LogP contribution in [0.2, 0.25) is 0 Å². The van der Waals surface area contributed by atoms with Gasteiger partial charge in [-0.3, -0.25) is 67.4 Å². The minimum Gasteiger partial charge on any atom is -0.505 e. The van der Waals surface area contributed by atoms with E-state index in [2.05, 4.69) is 49.1 Å². The van der Waals surface area contributed by atoms with Gasteiger partial charge in [0.25, 0.3) is 40.3 Å². The van der Waals surface area contributed by atoms with Crippen molar-refractivity contribution in [3.05, 3.63) is 119 Å². The van der Waals surface area contributed by atoms with Gasteiger partial charge in [-0.05, 0) is 45.0 Å². The predicted octanol–water partition coefficient (Wildman–Crippen LogP) is -5.45. The van der Waals surface area contributed by atoms with Crippen LogP contribution in [0.5, 0.6) is 17.2 Å². The topological polar surface area (TPSA) is 437 Å². The average Bonchev–Trinajstić information content (AvgIpc) is 0.971. The molecule has 2 unspecified atom stereocenters. The highest BCUT2D eigenvalue weighted by Crippen LogP contribution is 2.27. The molecule has 12 aliphatic rings. The van der Waals surface area contributed by atoms with Gasteiger partial charge in [-0.2, -0.15) is 0 Å². The molecule has 12 aliphatic heterocycles. The summed E-state index contributed by atoms with van der Waals surface area (Å²) in [5, 5.41) is 65.7. The van der Waals surface area contributed by atoms with Gasteiger partial charge in [-0.1, -0.05) is 6.58 Å². The van der Waals surface area contributed by atoms with Crippen molar-refractivity contribution >= 4 is 47.3 Å². The first-order valence-electron chi connectivity index (χ1n) is 29.6. The number of ether oxygens (including phenoxy) is 2. The Morgan fingerprint density at radius 1 is 0.593 bits per heavy atom. The van der Waals surface area contributed by atoms with E-state index in [-0.39, 0.29) is 170 Å². The van der Waals surface area contributed by atoms with Gasteiger partial charge in [-0.25, -0.2) is 0 Å². The monoisotopic (exact) mass is 1270 g/mol. The number of hydrogen-bond donors (Lipinski definition) is 13. The fraction of sp³-hybridized carbons (Fsp3) is 0.500. The third kappa shape index (κ3) is 20.3. The maximum atomic E-state index is 13.6. The van der Waals surface area contributed by atoms with Gasteiger partial charge < -0.3 is 96.8 Å². The molecule has 2 atom stereocenters. The van der Waals surface area contributed by atoms with Crippen LogP contribution in [0.15, 0.2) is 74.2 Å². The van der Waals surface area contributed by atoms with Crippen LogP contribution in [0.4, 0.5) is 0 Å². The number of nitrogens with two attached hydrogens (primary N) is 1. The Kier molecular flexibility index (Phi) is 26.8. The second kappa shape index (κ2) is 34.5. The zero-order valence-electron chi connectivity index (χ0n) is 51.3. The Morgan fingerprint density at radius 3 is 1.80 bits per heavy atom. The normalized spacial score (nSPS) is 18.7. The Labute approximate surface area is 522 Å². The number of aromatic nitrogens is 3. The molecule has 0 saturated carbocycles. The maximum absolute atomic E-state index is 13.6. The number of pyridine rings is 3. The molecule has 0 aromatic carbocycles. The number of aliphatic hydroxyl groups excluding tert-OH is 1. The van der Waals surface area contributed by atoms with E-state index >= 15 is 0 Å². The number of hydrogen-bond acceptors (Lipinski definition) is 22. The molecule has 91 heavy (non-hydrogen) atoms. The molecule has 0 aliphatic carbocycles. The Morgan fingerprint density at radius 2 is 1.15 bits per heavy atom. The van der Waals surface area contributed by atoms with E-state index in [0.29, 0.717) is 25.5 Å². The molecule has 0 radical (unpaired) electrons. The number of aryl methyl sites for hydroxylation is 2. The molecule has 14 N–H and O–H groups in total. The van der Waals surface area contributed by atoms with Gasteiger partial charge in [0.05, 0.1) is 54.4 Å². The largest absolute Gasteiger partial charge is 0.505 e. The Bertz CT molecular complexity index is 3450. The Hall–Kier alpha value is -9.41. The molecule has 33 nitrogen and oxygen atoms in total. The van der Waals surface area contributed by atoms with Gasteiger partial charge >= 0.3 is 0 Å². The number of carbonyl (C=O) groups is 8. The minimum atomic E-state index is -1.03. The van der Waals surface area contributed by atoms with Crippen molar-refractivity contribution in [3.63, 3.8) is 0 Å². The minimum absolute atomic E-state index is 0.00277. The number of nitrogens with one attached hydrogen (secondary N) is 8. The van der Waals surface area contributed by atoms with E-state index in [4.69, 9.17) is 15.2 Å². The second-order valence-electron chi connectivity index (χ2n) is 21.4. The molecular weight excluding hydrogens is 1190 g/mol. The zero-order chi connectivity index (χ0) is 66.3. The maximum Gasteiger partial charge on any atom is 0.294 e. The van der Waals surface area contributed by atoms with Crippen LogP contribution in [-0.2, 0) is 53.1 Å². The molecule has 15 rings (SSSR count). The Balaban J connectivity index is 1.26. The van der Waals surface area contributed by atoms with Crippen molar-refractivity contribution in [2.24, 2.45) is 5.73 Å². The van der Waals surface area contributed by atoms with Crippen LogP contribution in [-0.4, -0.2) is 252 Å². The van der Waals surface area contributed by atoms with E-state index < -0.39 is 107 Å². The summed E-state index contributed by atoms with van der Waals surface area (Å²) in [6.45, 7) is 9.03. The highest BCUT2D eigenvalue weighted by Gasteiger charge is 2.28. The van der Waals surface area contributed by atoms with Crippen molar-refractivity contribution in [1.29, 1.82) is 0 Å². The van der Waals surface area contributed by atoms with Crippen LogP contribution in [0.1, 0.15) is 49.4 Å². The van der Waals surface area contributed by atoms with Crippen LogP contribution >= 0.6 is 0 Å². The van der Waals surface area contributed by atoms with Gasteiger partial charge in [0, 0.05) is 141 Å². The lowest BCUT2D eigenvalue weighted by Crippen LogP contribution is -2.47. The van der Waals surface area contributed by atoms with E-state index in [9.17, 15) is 73.2 Å².